The van der Waals surface area contributed by atoms with E-state index in [2.05, 4.69) is 20.3 Å². The Morgan fingerprint density at radius 3 is 2.09 bits per heavy atom. The van der Waals surface area contributed by atoms with Crippen LogP contribution in [-0.2, 0) is 13.1 Å². The number of aromatic nitrogens is 3. The van der Waals surface area contributed by atoms with Gasteiger partial charge in [0.15, 0.2) is 0 Å². The minimum atomic E-state index is -0.431. The van der Waals surface area contributed by atoms with E-state index >= 15 is 0 Å². The molecule has 0 unspecified atom stereocenters. The third-order valence-corrected chi connectivity index (χ3v) is 5.60. The molecule has 0 fully saturated rings. The molecule has 0 aliphatic rings. The first-order valence-corrected chi connectivity index (χ1v) is 11.1. The summed E-state index contributed by atoms with van der Waals surface area (Å²) in [5, 5.41) is 16.4. The molecule has 5 rings (SSSR count). The molecule has 0 bridgehead atoms. The van der Waals surface area contributed by atoms with Crippen molar-refractivity contribution in [3.05, 3.63) is 125 Å². The van der Waals surface area contributed by atoms with Gasteiger partial charge in [0.1, 0.15) is 6.33 Å². The van der Waals surface area contributed by atoms with Crippen LogP contribution >= 0.6 is 0 Å². The summed E-state index contributed by atoms with van der Waals surface area (Å²) >= 11 is 0. The van der Waals surface area contributed by atoms with E-state index in [1.165, 1.54) is 6.33 Å². The topological polar surface area (TPSA) is 97.1 Å². The summed E-state index contributed by atoms with van der Waals surface area (Å²) in [5.41, 5.74) is 3.18. The summed E-state index contributed by atoms with van der Waals surface area (Å²) in [6.07, 6.45) is 3.04. The van der Waals surface area contributed by atoms with Crippen molar-refractivity contribution < 1.29 is 4.92 Å². The molecule has 0 saturated carbocycles. The molecule has 5 aromatic rings. The first kappa shape index (κ1) is 22.0. The Balaban J connectivity index is 1.58. The summed E-state index contributed by atoms with van der Waals surface area (Å²) < 4.78 is 0. The minimum absolute atomic E-state index is 0.115. The number of anilines is 3. The van der Waals surface area contributed by atoms with Crippen molar-refractivity contribution >= 4 is 33.9 Å². The van der Waals surface area contributed by atoms with Gasteiger partial charge in [-0.15, -0.1) is 0 Å². The molecule has 0 aliphatic carbocycles. The van der Waals surface area contributed by atoms with Gasteiger partial charge in [-0.1, -0.05) is 78.9 Å². The highest BCUT2D eigenvalue weighted by Gasteiger charge is 2.28. The van der Waals surface area contributed by atoms with E-state index in [1.54, 1.807) is 6.20 Å². The Morgan fingerprint density at radius 1 is 0.771 bits per heavy atom. The van der Waals surface area contributed by atoms with Crippen LogP contribution in [0.3, 0.4) is 0 Å². The van der Waals surface area contributed by atoms with Crippen molar-refractivity contribution in [2.24, 2.45) is 0 Å². The van der Waals surface area contributed by atoms with Crippen LogP contribution in [0, 0.1) is 10.1 Å². The highest BCUT2D eigenvalue weighted by molar-refractivity contribution is 5.92. The molecule has 3 aromatic carbocycles. The molecule has 0 spiro atoms. The lowest BCUT2D eigenvalue weighted by Gasteiger charge is -2.24. The lowest BCUT2D eigenvalue weighted by atomic mass is 10.1. The minimum Gasteiger partial charge on any atom is -0.342 e. The highest BCUT2D eigenvalue weighted by atomic mass is 16.6. The van der Waals surface area contributed by atoms with Gasteiger partial charge >= 0.3 is 5.69 Å². The van der Waals surface area contributed by atoms with E-state index < -0.39 is 4.92 Å². The van der Waals surface area contributed by atoms with E-state index in [-0.39, 0.29) is 17.3 Å². The Hall–Kier alpha value is -4.85. The molecule has 0 atom stereocenters. The number of nitrogens with zero attached hydrogens (tertiary/aromatic N) is 5. The number of nitrogens with one attached hydrogen (secondary N) is 1. The lowest BCUT2D eigenvalue weighted by Crippen LogP contribution is -2.24. The maximum atomic E-state index is 12.3. The average Bonchev–Trinajstić information content (AvgIpc) is 2.89. The maximum Gasteiger partial charge on any atom is 0.353 e. The largest absolute Gasteiger partial charge is 0.353 e. The molecule has 2 heterocycles. The maximum absolute atomic E-state index is 12.3. The second-order valence-corrected chi connectivity index (χ2v) is 7.98. The molecular formula is C27H22N6O2. The van der Waals surface area contributed by atoms with E-state index in [0.717, 1.165) is 16.5 Å². The number of hydrogen-bond donors (Lipinski definition) is 1. The normalized spacial score (nSPS) is 10.7. The van der Waals surface area contributed by atoms with Crippen LogP contribution in [0.5, 0.6) is 0 Å². The molecule has 172 valence electrons. The predicted octanol–water partition coefficient (Wildman–Crippen LogP) is 5.88. The summed E-state index contributed by atoms with van der Waals surface area (Å²) in [6.45, 7) is 0.895. The van der Waals surface area contributed by atoms with Crippen molar-refractivity contribution in [1.82, 2.24) is 15.0 Å². The third-order valence-electron chi connectivity index (χ3n) is 5.60. The Labute approximate surface area is 202 Å². The summed E-state index contributed by atoms with van der Waals surface area (Å²) in [4.78, 5) is 26.9. The van der Waals surface area contributed by atoms with Gasteiger partial charge in [-0.05, 0) is 23.3 Å². The van der Waals surface area contributed by atoms with Gasteiger partial charge in [0.2, 0.25) is 11.6 Å². The van der Waals surface area contributed by atoms with Gasteiger partial charge < -0.3 is 10.2 Å². The predicted molar refractivity (Wildman–Crippen MR) is 136 cm³/mol. The molecule has 0 aliphatic heterocycles. The molecule has 2 aromatic heterocycles. The number of rotatable bonds is 8. The van der Waals surface area contributed by atoms with E-state index in [0.29, 0.717) is 24.3 Å². The zero-order chi connectivity index (χ0) is 24.0. The summed E-state index contributed by atoms with van der Waals surface area (Å²) in [5.74, 6) is 0.359. The molecule has 8 heteroatoms. The lowest BCUT2D eigenvalue weighted by molar-refractivity contribution is -0.383. The number of para-hydroxylation sites is 1. The molecule has 0 radical (unpaired) electrons. The Bertz CT molecular complexity index is 1410. The van der Waals surface area contributed by atoms with Crippen LogP contribution in [0.15, 0.2) is 104 Å². The van der Waals surface area contributed by atoms with Crippen molar-refractivity contribution in [2.75, 3.05) is 10.2 Å². The first-order valence-electron chi connectivity index (χ1n) is 11.1. The standard InChI is InChI=1S/C27H22N6O2/c34-33(35)25-26(31-23-15-7-13-22-14-8-16-28-24(22)23)29-19-30-27(25)32(17-20-9-3-1-4-10-20)18-21-11-5-2-6-12-21/h1-16,19H,17-18H2,(H,29,30,31). The van der Waals surface area contributed by atoms with Gasteiger partial charge in [0.05, 0.1) is 16.1 Å². The molecule has 1 N–H and O–H groups in total. The van der Waals surface area contributed by atoms with E-state index in [1.807, 2.05) is 95.9 Å². The fourth-order valence-corrected chi connectivity index (χ4v) is 4.01. The smallest absolute Gasteiger partial charge is 0.342 e. The average molecular weight is 463 g/mol. The first-order chi connectivity index (χ1) is 17.2. The van der Waals surface area contributed by atoms with Crippen molar-refractivity contribution in [3.63, 3.8) is 0 Å². The zero-order valence-corrected chi connectivity index (χ0v) is 18.8. The van der Waals surface area contributed by atoms with Crippen LogP contribution < -0.4 is 10.2 Å². The van der Waals surface area contributed by atoms with Crippen molar-refractivity contribution in [2.45, 2.75) is 13.1 Å². The quantitative estimate of drug-likeness (QED) is 0.227. The molecule has 35 heavy (non-hydrogen) atoms. The second-order valence-electron chi connectivity index (χ2n) is 7.98. The number of benzene rings is 3. The fraction of sp³-hybridized carbons (Fsp3) is 0.0741. The number of fused-ring (bicyclic) bond motifs is 1. The Kier molecular flexibility index (Phi) is 6.25. The van der Waals surface area contributed by atoms with Crippen molar-refractivity contribution in [3.8, 4) is 0 Å². The van der Waals surface area contributed by atoms with Crippen LogP contribution in [0.25, 0.3) is 10.9 Å². The van der Waals surface area contributed by atoms with Crippen LogP contribution in [0.4, 0.5) is 23.0 Å². The van der Waals surface area contributed by atoms with Gasteiger partial charge in [0.25, 0.3) is 0 Å². The van der Waals surface area contributed by atoms with Gasteiger partial charge in [-0.25, -0.2) is 9.97 Å². The molecule has 0 saturated heterocycles. The summed E-state index contributed by atoms with van der Waals surface area (Å²) in [7, 11) is 0. The van der Waals surface area contributed by atoms with Crippen molar-refractivity contribution in [1.29, 1.82) is 0 Å². The summed E-state index contributed by atoms with van der Waals surface area (Å²) in [6, 6.07) is 29.1. The van der Waals surface area contributed by atoms with Gasteiger partial charge in [-0.2, -0.15) is 0 Å². The van der Waals surface area contributed by atoms with Crippen LogP contribution in [0.1, 0.15) is 11.1 Å². The monoisotopic (exact) mass is 462 g/mol. The van der Waals surface area contributed by atoms with Crippen LogP contribution in [-0.4, -0.2) is 19.9 Å². The second kappa shape index (κ2) is 9.96. The number of pyridine rings is 1. The SMILES string of the molecule is O=[N+]([O-])c1c(Nc2cccc3cccnc23)ncnc1N(Cc1ccccc1)Cc1ccccc1. The van der Waals surface area contributed by atoms with Crippen LogP contribution in [0.2, 0.25) is 0 Å². The number of hydrogen-bond acceptors (Lipinski definition) is 7. The van der Waals surface area contributed by atoms with E-state index in [9.17, 15) is 10.1 Å². The molecular weight excluding hydrogens is 440 g/mol. The molecule has 0 amide bonds. The highest BCUT2D eigenvalue weighted by Crippen LogP contribution is 2.36. The Morgan fingerprint density at radius 2 is 1.43 bits per heavy atom. The number of nitro groups is 1. The third kappa shape index (κ3) is 4.91. The zero-order valence-electron chi connectivity index (χ0n) is 18.8. The van der Waals surface area contributed by atoms with Gasteiger partial charge in [-0.3, -0.25) is 15.1 Å². The van der Waals surface area contributed by atoms with Gasteiger partial charge in [0, 0.05) is 24.7 Å². The molecule has 8 nitrogen and oxygen atoms in total. The van der Waals surface area contributed by atoms with E-state index in [4.69, 9.17) is 0 Å². The fourth-order valence-electron chi connectivity index (χ4n) is 4.01.